The number of anilines is 2. The molecule has 0 radical (unpaired) electrons. The molecule has 0 spiro atoms. The van der Waals surface area contributed by atoms with E-state index in [-0.39, 0.29) is 24.2 Å². The molecule has 0 aliphatic carbocycles. The number of carbonyl (C=O) groups excluding carboxylic acids is 2. The van der Waals surface area contributed by atoms with Crippen LogP contribution in [0, 0.1) is 5.92 Å². The van der Waals surface area contributed by atoms with Gasteiger partial charge in [-0.3, -0.25) is 9.59 Å². The molecule has 2 saturated heterocycles. The van der Waals surface area contributed by atoms with E-state index >= 15 is 0 Å². The Balaban J connectivity index is 1.27. The van der Waals surface area contributed by atoms with Gasteiger partial charge >= 0.3 is 0 Å². The summed E-state index contributed by atoms with van der Waals surface area (Å²) >= 11 is 0. The number of hydrogen-bond donors (Lipinski definition) is 1. The van der Waals surface area contributed by atoms with Gasteiger partial charge in [-0.1, -0.05) is 13.0 Å². The van der Waals surface area contributed by atoms with Gasteiger partial charge in [0.15, 0.2) is 11.5 Å². The fourth-order valence-electron chi connectivity index (χ4n) is 4.79. The molecule has 2 aliphatic rings. The SMILES string of the molecule is CCN1CCN(c2ccc(NC(=O)[C@H]3CC(=O)N(CCc4ccc(OC)c(OC)c4)C3)cc2)CC1. The quantitative estimate of drug-likeness (QED) is 0.595. The molecule has 0 saturated carbocycles. The first kappa shape index (κ1) is 24.9. The molecular formula is C27H36N4O4. The van der Waals surface area contributed by atoms with Crippen LogP contribution in [0.15, 0.2) is 42.5 Å². The minimum absolute atomic E-state index is 0.0206. The molecule has 2 aliphatic heterocycles. The Morgan fingerprint density at radius 3 is 2.37 bits per heavy atom. The second-order valence-electron chi connectivity index (χ2n) is 9.14. The average Bonchev–Trinajstić information content (AvgIpc) is 3.28. The molecule has 0 bridgehead atoms. The monoisotopic (exact) mass is 480 g/mol. The van der Waals surface area contributed by atoms with E-state index in [9.17, 15) is 9.59 Å². The van der Waals surface area contributed by atoms with E-state index < -0.39 is 0 Å². The van der Waals surface area contributed by atoms with E-state index in [0.717, 1.165) is 44.0 Å². The molecule has 35 heavy (non-hydrogen) atoms. The number of nitrogens with one attached hydrogen (secondary N) is 1. The van der Waals surface area contributed by atoms with Crippen LogP contribution in [0.1, 0.15) is 18.9 Å². The minimum atomic E-state index is -0.338. The number of likely N-dealkylation sites (tertiary alicyclic amines) is 1. The number of nitrogens with zero attached hydrogens (tertiary/aromatic N) is 3. The van der Waals surface area contributed by atoms with Crippen LogP contribution >= 0.6 is 0 Å². The van der Waals surface area contributed by atoms with Gasteiger partial charge in [0.2, 0.25) is 11.8 Å². The van der Waals surface area contributed by atoms with E-state index in [2.05, 4.69) is 34.2 Å². The van der Waals surface area contributed by atoms with Gasteiger partial charge in [-0.25, -0.2) is 0 Å². The Hall–Kier alpha value is -3.26. The van der Waals surface area contributed by atoms with Crippen LogP contribution < -0.4 is 19.7 Å². The number of likely N-dealkylation sites (N-methyl/N-ethyl adjacent to an activating group) is 1. The van der Waals surface area contributed by atoms with Crippen molar-refractivity contribution in [1.29, 1.82) is 0 Å². The lowest BCUT2D eigenvalue weighted by Gasteiger charge is -2.35. The van der Waals surface area contributed by atoms with E-state index in [4.69, 9.17) is 9.47 Å². The molecule has 188 valence electrons. The van der Waals surface area contributed by atoms with Crippen LogP contribution in [0.25, 0.3) is 0 Å². The Morgan fingerprint density at radius 1 is 1.00 bits per heavy atom. The van der Waals surface area contributed by atoms with Crippen molar-refractivity contribution in [3.8, 4) is 11.5 Å². The number of amides is 2. The van der Waals surface area contributed by atoms with E-state index in [1.54, 1.807) is 19.1 Å². The molecule has 0 aromatic heterocycles. The smallest absolute Gasteiger partial charge is 0.229 e. The second kappa shape index (κ2) is 11.4. The molecule has 2 fully saturated rings. The molecule has 1 N–H and O–H groups in total. The van der Waals surface area contributed by atoms with Gasteiger partial charge in [-0.15, -0.1) is 0 Å². The normalized spacial score (nSPS) is 18.6. The standard InChI is InChI=1S/C27H36N4O4/c1-4-29-13-15-30(16-14-29)23-8-6-22(7-9-23)28-27(33)21-18-26(32)31(19-21)12-11-20-5-10-24(34-2)25(17-20)35-3/h5-10,17,21H,4,11-16,18-19H2,1-3H3,(H,28,33)/t21-/m0/s1. The number of piperazine rings is 1. The topological polar surface area (TPSA) is 74.4 Å². The zero-order valence-corrected chi connectivity index (χ0v) is 21.0. The van der Waals surface area contributed by atoms with E-state index in [1.165, 1.54) is 5.69 Å². The number of hydrogen-bond acceptors (Lipinski definition) is 6. The highest BCUT2D eigenvalue weighted by Gasteiger charge is 2.34. The highest BCUT2D eigenvalue weighted by molar-refractivity contribution is 5.97. The van der Waals surface area contributed by atoms with Gasteiger partial charge in [0.1, 0.15) is 0 Å². The summed E-state index contributed by atoms with van der Waals surface area (Å²) in [5.41, 5.74) is 3.00. The van der Waals surface area contributed by atoms with Gasteiger partial charge < -0.3 is 29.5 Å². The van der Waals surface area contributed by atoms with Crippen molar-refractivity contribution in [3.63, 3.8) is 0 Å². The first-order valence-corrected chi connectivity index (χ1v) is 12.4. The molecule has 0 unspecified atom stereocenters. The number of rotatable bonds is 9. The first-order chi connectivity index (χ1) is 17.0. The van der Waals surface area contributed by atoms with Gasteiger partial charge in [0, 0.05) is 57.1 Å². The van der Waals surface area contributed by atoms with Gasteiger partial charge in [-0.05, 0) is 54.9 Å². The van der Waals surface area contributed by atoms with Gasteiger partial charge in [0.25, 0.3) is 0 Å². The number of ether oxygens (including phenoxy) is 2. The fraction of sp³-hybridized carbons (Fsp3) is 0.481. The number of benzene rings is 2. The molecule has 1 atom stereocenters. The third-order valence-electron chi connectivity index (χ3n) is 7.02. The third-order valence-corrected chi connectivity index (χ3v) is 7.02. The number of methoxy groups -OCH3 is 2. The summed E-state index contributed by atoms with van der Waals surface area (Å²) in [6, 6.07) is 13.8. The summed E-state index contributed by atoms with van der Waals surface area (Å²) in [5.74, 6) is 0.930. The predicted octanol–water partition coefficient (Wildman–Crippen LogP) is 2.88. The summed E-state index contributed by atoms with van der Waals surface area (Å²) in [5, 5.41) is 3.00. The lowest BCUT2D eigenvalue weighted by atomic mass is 10.1. The lowest BCUT2D eigenvalue weighted by Crippen LogP contribution is -2.46. The highest BCUT2D eigenvalue weighted by atomic mass is 16.5. The first-order valence-electron chi connectivity index (χ1n) is 12.4. The second-order valence-corrected chi connectivity index (χ2v) is 9.14. The summed E-state index contributed by atoms with van der Waals surface area (Å²) in [4.78, 5) is 32.0. The molecule has 2 aromatic carbocycles. The predicted molar refractivity (Wildman–Crippen MR) is 137 cm³/mol. The fourth-order valence-corrected chi connectivity index (χ4v) is 4.79. The van der Waals surface area contributed by atoms with Crippen LogP contribution in [-0.4, -0.2) is 81.6 Å². The molecule has 2 heterocycles. The third kappa shape index (κ3) is 6.06. The highest BCUT2D eigenvalue weighted by Crippen LogP contribution is 2.28. The zero-order chi connectivity index (χ0) is 24.8. The Kier molecular flexibility index (Phi) is 8.13. The van der Waals surface area contributed by atoms with Crippen molar-refractivity contribution in [2.45, 2.75) is 19.8 Å². The lowest BCUT2D eigenvalue weighted by molar-refractivity contribution is -0.128. The Morgan fingerprint density at radius 2 is 1.71 bits per heavy atom. The van der Waals surface area contributed by atoms with Crippen LogP contribution in [-0.2, 0) is 16.0 Å². The van der Waals surface area contributed by atoms with Gasteiger partial charge in [0.05, 0.1) is 20.1 Å². The molecule has 2 amide bonds. The average molecular weight is 481 g/mol. The van der Waals surface area contributed by atoms with Crippen molar-refractivity contribution in [1.82, 2.24) is 9.80 Å². The van der Waals surface area contributed by atoms with E-state index in [0.29, 0.717) is 31.0 Å². The Labute approximate surface area is 207 Å². The molecule has 2 aromatic rings. The van der Waals surface area contributed by atoms with Crippen LogP contribution in [0.3, 0.4) is 0 Å². The largest absolute Gasteiger partial charge is 0.493 e. The molecule has 8 nitrogen and oxygen atoms in total. The van der Waals surface area contributed by atoms with Crippen molar-refractivity contribution >= 4 is 23.2 Å². The maximum absolute atomic E-state index is 12.9. The minimum Gasteiger partial charge on any atom is -0.493 e. The number of carbonyl (C=O) groups is 2. The zero-order valence-electron chi connectivity index (χ0n) is 21.0. The molecular weight excluding hydrogens is 444 g/mol. The van der Waals surface area contributed by atoms with Gasteiger partial charge in [-0.2, -0.15) is 0 Å². The van der Waals surface area contributed by atoms with Crippen LogP contribution in [0.5, 0.6) is 11.5 Å². The molecule has 8 heteroatoms. The maximum Gasteiger partial charge on any atom is 0.229 e. The molecule has 4 rings (SSSR count). The summed E-state index contributed by atoms with van der Waals surface area (Å²) in [6.45, 7) is 8.49. The van der Waals surface area contributed by atoms with E-state index in [1.807, 2.05) is 30.3 Å². The van der Waals surface area contributed by atoms with Crippen LogP contribution in [0.2, 0.25) is 0 Å². The van der Waals surface area contributed by atoms with Crippen LogP contribution in [0.4, 0.5) is 11.4 Å². The van der Waals surface area contributed by atoms with Crippen molar-refractivity contribution in [3.05, 3.63) is 48.0 Å². The van der Waals surface area contributed by atoms with Crippen molar-refractivity contribution in [2.75, 3.05) is 70.2 Å². The maximum atomic E-state index is 12.9. The summed E-state index contributed by atoms with van der Waals surface area (Å²) < 4.78 is 10.6. The van der Waals surface area contributed by atoms with Crippen molar-refractivity contribution < 1.29 is 19.1 Å². The summed E-state index contributed by atoms with van der Waals surface area (Å²) in [7, 11) is 3.21. The Bertz CT molecular complexity index is 1020. The van der Waals surface area contributed by atoms with Crippen molar-refractivity contribution in [2.24, 2.45) is 5.92 Å². The summed E-state index contributed by atoms with van der Waals surface area (Å²) in [6.07, 6.45) is 0.936.